The predicted octanol–water partition coefficient (Wildman–Crippen LogP) is -3.88. The van der Waals surface area contributed by atoms with E-state index in [0.717, 1.165) is 19.3 Å². The summed E-state index contributed by atoms with van der Waals surface area (Å²) < 4.78 is 0. The summed E-state index contributed by atoms with van der Waals surface area (Å²) >= 11 is 0. The monoisotopic (exact) mass is 268 g/mol. The summed E-state index contributed by atoms with van der Waals surface area (Å²) in [7, 11) is 0. The van der Waals surface area contributed by atoms with Crippen LogP contribution in [0, 0.1) is 0 Å². The molecule has 0 aromatic carbocycles. The number of carboxylic acids is 2. The van der Waals surface area contributed by atoms with Gasteiger partial charge in [0.05, 0.1) is 0 Å². The number of hydrogen-bond acceptors (Lipinski definition) is 2. The van der Waals surface area contributed by atoms with Crippen LogP contribution in [0.15, 0.2) is 0 Å². The number of aliphatic carboxylic acids is 2. The molecule has 80 valence electrons. The summed E-state index contributed by atoms with van der Waals surface area (Å²) in [6.07, 6.45) is 4.53. The molecule has 0 aliphatic carbocycles. The number of carboxylic acid groups (broad SMARTS) is 2. The van der Waals surface area contributed by atoms with E-state index < -0.39 is 11.9 Å². The van der Waals surface area contributed by atoms with Crippen LogP contribution in [-0.2, 0) is 9.59 Å². The molecule has 0 fully saturated rings. The van der Waals surface area contributed by atoms with Gasteiger partial charge >= 0.3 is 115 Å². The largest absolute Gasteiger partial charge is 1.00 e. The molecule has 0 aromatic heterocycles. The Morgan fingerprint density at radius 2 is 1.00 bits per heavy atom. The van der Waals surface area contributed by atoms with E-state index in [1.54, 1.807) is 0 Å². The summed E-state index contributed by atoms with van der Waals surface area (Å²) in [5, 5.41) is 16.6. The first-order valence-corrected chi connectivity index (χ1v) is 4.56. The van der Waals surface area contributed by atoms with E-state index in [4.69, 9.17) is 10.2 Å². The van der Waals surface area contributed by atoms with Crippen molar-refractivity contribution in [1.82, 2.24) is 0 Å². The van der Waals surface area contributed by atoms with Gasteiger partial charge in [0.15, 0.2) is 0 Å². The Hall–Kier alpha value is 2.21. The summed E-state index contributed by atoms with van der Waals surface area (Å²) in [4.78, 5) is 20.2. The quantitative estimate of drug-likeness (QED) is 0.349. The van der Waals surface area contributed by atoms with Crippen molar-refractivity contribution < 1.29 is 125 Å². The van der Waals surface area contributed by atoms with E-state index in [2.05, 4.69) is 0 Å². The second kappa shape index (κ2) is 16.2. The van der Waals surface area contributed by atoms with E-state index in [9.17, 15) is 9.59 Å². The normalized spacial score (nSPS) is 8.53. The van der Waals surface area contributed by atoms with E-state index in [-0.39, 0.29) is 118 Å². The maximum atomic E-state index is 10.1. The molecule has 0 bridgehead atoms. The molecule has 0 aromatic rings. The Morgan fingerprint density at radius 1 is 0.733 bits per heavy atom. The average molecular weight is 268 g/mol. The van der Waals surface area contributed by atoms with Crippen LogP contribution in [0.3, 0.4) is 0 Å². The van der Waals surface area contributed by atoms with E-state index in [1.165, 1.54) is 0 Å². The van der Waals surface area contributed by atoms with Crippen molar-refractivity contribution in [2.24, 2.45) is 0 Å². The van der Waals surface area contributed by atoms with Crippen molar-refractivity contribution in [3.05, 3.63) is 0 Å². The molecule has 0 rings (SSSR count). The van der Waals surface area contributed by atoms with Gasteiger partial charge in [-0.1, -0.05) is 19.3 Å². The smallest absolute Gasteiger partial charge is 1.00 e. The van der Waals surface area contributed by atoms with Crippen LogP contribution in [0.2, 0.25) is 0 Å². The Kier molecular flexibility index (Phi) is 24.2. The zero-order chi connectivity index (χ0) is 10.1. The van der Waals surface area contributed by atoms with E-state index in [1.807, 2.05) is 0 Å². The molecule has 2 N–H and O–H groups in total. The van der Waals surface area contributed by atoms with E-state index >= 15 is 0 Å². The Labute approximate surface area is 178 Å². The molecule has 0 heterocycles. The fourth-order valence-electron chi connectivity index (χ4n) is 1.08. The Bertz CT molecular complexity index is 164. The molecular weight excluding hydrogens is 250 g/mol. The van der Waals surface area contributed by atoms with Gasteiger partial charge in [-0.2, -0.15) is 0 Å². The van der Waals surface area contributed by atoms with Crippen LogP contribution in [0.1, 0.15) is 47.8 Å². The maximum Gasteiger partial charge on any atom is 1.00 e. The first kappa shape index (κ1) is 22.4. The number of hydrogen-bond donors (Lipinski definition) is 2. The van der Waals surface area contributed by atoms with Gasteiger partial charge in [0.25, 0.3) is 0 Å². The van der Waals surface area contributed by atoms with Crippen LogP contribution < -0.4 is 103 Å². The molecule has 0 saturated heterocycles. The average Bonchev–Trinajstić information content (AvgIpc) is 2.01. The van der Waals surface area contributed by atoms with Gasteiger partial charge in [0.2, 0.25) is 0 Å². The van der Waals surface area contributed by atoms with Crippen molar-refractivity contribution in [2.75, 3.05) is 0 Å². The Balaban J connectivity index is -0.000000120. The third-order valence-corrected chi connectivity index (χ3v) is 1.78. The summed E-state index contributed by atoms with van der Waals surface area (Å²) in [6, 6.07) is 0. The molecule has 0 unspecified atom stereocenters. The molecule has 0 aliphatic heterocycles. The van der Waals surface area contributed by atoms with Gasteiger partial charge in [0.1, 0.15) is 0 Å². The number of carbonyl (C=O) groups is 2. The van der Waals surface area contributed by atoms with Crippen molar-refractivity contribution >= 4 is 11.9 Å². The molecule has 15 heavy (non-hydrogen) atoms. The molecule has 0 atom stereocenters. The molecule has 0 radical (unpaired) electrons. The summed E-state index contributed by atoms with van der Waals surface area (Å²) in [6.45, 7) is 0. The van der Waals surface area contributed by atoms with Crippen LogP contribution in [0.5, 0.6) is 0 Å². The topological polar surface area (TPSA) is 74.6 Å². The third kappa shape index (κ3) is 22.0. The van der Waals surface area contributed by atoms with Gasteiger partial charge in [-0.05, 0) is 12.8 Å². The predicted molar refractivity (Wildman–Crippen MR) is 49.8 cm³/mol. The van der Waals surface area contributed by atoms with Crippen molar-refractivity contribution in [1.29, 1.82) is 0 Å². The van der Waals surface area contributed by atoms with Crippen molar-refractivity contribution in [3.63, 3.8) is 0 Å². The molecular formula is C9H18K2O4. The summed E-state index contributed by atoms with van der Waals surface area (Å²) in [5.41, 5.74) is 0. The minimum absolute atomic E-state index is 0. The zero-order valence-electron chi connectivity index (χ0n) is 11.7. The number of unbranched alkanes of at least 4 members (excludes halogenated alkanes) is 4. The maximum absolute atomic E-state index is 10.1. The first-order valence-electron chi connectivity index (χ1n) is 4.56. The SMILES string of the molecule is O=C(O)CCCCCCCC(=O)O.[H-].[H-].[K+].[K+]. The molecule has 0 saturated carbocycles. The molecule has 4 nitrogen and oxygen atoms in total. The molecule has 0 spiro atoms. The first-order chi connectivity index (χ1) is 6.13. The van der Waals surface area contributed by atoms with Crippen LogP contribution in [0.25, 0.3) is 0 Å². The second-order valence-corrected chi connectivity index (χ2v) is 3.06. The fourth-order valence-corrected chi connectivity index (χ4v) is 1.08. The van der Waals surface area contributed by atoms with E-state index in [0.29, 0.717) is 12.8 Å². The van der Waals surface area contributed by atoms with Crippen LogP contribution >= 0.6 is 0 Å². The minimum atomic E-state index is -0.759. The van der Waals surface area contributed by atoms with Gasteiger partial charge in [-0.3, -0.25) is 9.59 Å². The number of rotatable bonds is 8. The second-order valence-electron chi connectivity index (χ2n) is 3.06. The van der Waals surface area contributed by atoms with Crippen molar-refractivity contribution in [2.45, 2.75) is 44.9 Å². The molecule has 0 aliphatic rings. The van der Waals surface area contributed by atoms with Crippen LogP contribution in [0.4, 0.5) is 0 Å². The van der Waals surface area contributed by atoms with Crippen molar-refractivity contribution in [3.8, 4) is 0 Å². The molecule has 6 heteroatoms. The fraction of sp³-hybridized carbons (Fsp3) is 0.778. The zero-order valence-corrected chi connectivity index (χ0v) is 15.9. The van der Waals surface area contributed by atoms with Crippen LogP contribution in [-0.4, -0.2) is 22.2 Å². The summed E-state index contributed by atoms with van der Waals surface area (Å²) in [5.74, 6) is -1.52. The third-order valence-electron chi connectivity index (χ3n) is 1.78. The van der Waals surface area contributed by atoms with Gasteiger partial charge in [-0.25, -0.2) is 0 Å². The van der Waals surface area contributed by atoms with Gasteiger partial charge in [-0.15, -0.1) is 0 Å². The van der Waals surface area contributed by atoms with Gasteiger partial charge < -0.3 is 13.1 Å². The molecule has 0 amide bonds. The Morgan fingerprint density at radius 3 is 1.27 bits per heavy atom. The minimum Gasteiger partial charge on any atom is -1.00 e. The van der Waals surface area contributed by atoms with Gasteiger partial charge in [0, 0.05) is 12.8 Å². The standard InChI is InChI=1S/C9H16O4.2K.2H/c10-8(11)6-4-2-1-3-5-7-9(12)13;;;;/h1-7H2,(H,10,11)(H,12,13);;;;/q;2*+1;2*-1.